The van der Waals surface area contributed by atoms with Gasteiger partial charge in [-0.15, -0.1) is 0 Å². The van der Waals surface area contributed by atoms with E-state index < -0.39 is 0 Å². The summed E-state index contributed by atoms with van der Waals surface area (Å²) in [5.74, 6) is 0.672. The predicted molar refractivity (Wildman–Crippen MR) is 65.0 cm³/mol. The lowest BCUT2D eigenvalue weighted by Crippen LogP contribution is -2.10. The minimum Gasteiger partial charge on any atom is -0.331 e. The molecule has 0 atom stereocenters. The van der Waals surface area contributed by atoms with Crippen LogP contribution in [0.15, 0.2) is 30.5 Å². The lowest BCUT2D eigenvalue weighted by Gasteiger charge is -2.08. The first-order chi connectivity index (χ1) is 8.26. The molecule has 1 aromatic carbocycles. The minimum absolute atomic E-state index is 0.188. The van der Waals surface area contributed by atoms with Gasteiger partial charge < -0.3 is 10.3 Å². The van der Waals surface area contributed by atoms with Gasteiger partial charge in [-0.05, 0) is 18.6 Å². The molecule has 4 heteroatoms. The SMILES string of the molecule is CCn1c(CN)cnc1Cc1ccccc1F. The Kier molecular flexibility index (Phi) is 3.54. The Labute approximate surface area is 100 Å². The van der Waals surface area contributed by atoms with Crippen LogP contribution in [0.5, 0.6) is 0 Å². The fraction of sp³-hybridized carbons (Fsp3) is 0.308. The summed E-state index contributed by atoms with van der Waals surface area (Å²) in [5.41, 5.74) is 7.28. The van der Waals surface area contributed by atoms with E-state index in [0.29, 0.717) is 18.5 Å². The molecule has 0 unspecified atom stereocenters. The first-order valence-corrected chi connectivity index (χ1v) is 5.73. The zero-order chi connectivity index (χ0) is 12.3. The first-order valence-electron chi connectivity index (χ1n) is 5.73. The Morgan fingerprint density at radius 1 is 1.35 bits per heavy atom. The van der Waals surface area contributed by atoms with Gasteiger partial charge in [-0.25, -0.2) is 9.37 Å². The maximum atomic E-state index is 13.5. The molecule has 17 heavy (non-hydrogen) atoms. The van der Waals surface area contributed by atoms with Crippen LogP contribution in [-0.2, 0) is 19.5 Å². The smallest absolute Gasteiger partial charge is 0.126 e. The summed E-state index contributed by atoms with van der Waals surface area (Å²) in [7, 11) is 0. The summed E-state index contributed by atoms with van der Waals surface area (Å²) < 4.78 is 15.6. The summed E-state index contributed by atoms with van der Waals surface area (Å²) in [6.45, 7) is 3.29. The molecule has 0 aliphatic rings. The molecule has 0 saturated heterocycles. The van der Waals surface area contributed by atoms with Gasteiger partial charge in [-0.2, -0.15) is 0 Å². The van der Waals surface area contributed by atoms with Crippen LogP contribution in [0.4, 0.5) is 4.39 Å². The molecule has 0 aliphatic heterocycles. The number of hydrogen-bond donors (Lipinski definition) is 1. The Balaban J connectivity index is 2.30. The number of hydrogen-bond acceptors (Lipinski definition) is 2. The van der Waals surface area contributed by atoms with E-state index in [4.69, 9.17) is 5.73 Å². The number of imidazole rings is 1. The van der Waals surface area contributed by atoms with Crippen molar-refractivity contribution in [1.82, 2.24) is 9.55 Å². The molecule has 0 aliphatic carbocycles. The van der Waals surface area contributed by atoms with Gasteiger partial charge in [0.25, 0.3) is 0 Å². The number of halogens is 1. The summed E-state index contributed by atoms with van der Waals surface area (Å²) >= 11 is 0. The molecule has 3 nitrogen and oxygen atoms in total. The van der Waals surface area contributed by atoms with Gasteiger partial charge in [-0.3, -0.25) is 0 Å². The molecule has 0 fully saturated rings. The zero-order valence-corrected chi connectivity index (χ0v) is 9.86. The lowest BCUT2D eigenvalue weighted by molar-refractivity contribution is 0.605. The van der Waals surface area contributed by atoms with Crippen molar-refractivity contribution >= 4 is 0 Å². The van der Waals surface area contributed by atoms with Gasteiger partial charge in [0.2, 0.25) is 0 Å². The number of aromatic nitrogens is 2. The highest BCUT2D eigenvalue weighted by Gasteiger charge is 2.10. The predicted octanol–water partition coefficient (Wildman–Crippen LogP) is 2.09. The van der Waals surface area contributed by atoms with Crippen LogP contribution < -0.4 is 5.73 Å². The third-order valence-corrected chi connectivity index (χ3v) is 2.85. The molecular formula is C13H16FN3. The van der Waals surface area contributed by atoms with Crippen LogP contribution >= 0.6 is 0 Å². The van der Waals surface area contributed by atoms with Crippen molar-refractivity contribution in [2.24, 2.45) is 5.73 Å². The Morgan fingerprint density at radius 3 is 2.76 bits per heavy atom. The fourth-order valence-corrected chi connectivity index (χ4v) is 1.96. The van der Waals surface area contributed by atoms with E-state index in [0.717, 1.165) is 18.1 Å². The Morgan fingerprint density at radius 2 is 2.12 bits per heavy atom. The topological polar surface area (TPSA) is 43.8 Å². The maximum absolute atomic E-state index is 13.5. The fourth-order valence-electron chi connectivity index (χ4n) is 1.96. The maximum Gasteiger partial charge on any atom is 0.126 e. The number of benzene rings is 1. The second kappa shape index (κ2) is 5.10. The molecule has 0 bridgehead atoms. The summed E-state index contributed by atoms with van der Waals surface area (Å²) in [6.07, 6.45) is 2.26. The summed E-state index contributed by atoms with van der Waals surface area (Å²) in [6, 6.07) is 6.78. The van der Waals surface area contributed by atoms with Gasteiger partial charge >= 0.3 is 0 Å². The molecule has 0 radical (unpaired) electrons. The van der Waals surface area contributed by atoms with Crippen LogP contribution in [0, 0.1) is 5.82 Å². The van der Waals surface area contributed by atoms with E-state index in [9.17, 15) is 4.39 Å². The average molecular weight is 233 g/mol. The highest BCUT2D eigenvalue weighted by molar-refractivity contribution is 5.22. The highest BCUT2D eigenvalue weighted by atomic mass is 19.1. The van der Waals surface area contributed by atoms with Crippen LogP contribution in [0.3, 0.4) is 0 Å². The molecule has 2 rings (SSSR count). The number of nitrogens with zero attached hydrogens (tertiary/aromatic N) is 2. The van der Waals surface area contributed by atoms with E-state index in [2.05, 4.69) is 4.98 Å². The average Bonchev–Trinajstić information content (AvgIpc) is 2.74. The van der Waals surface area contributed by atoms with Gasteiger partial charge in [0.1, 0.15) is 11.6 Å². The Bertz CT molecular complexity index is 505. The molecule has 0 saturated carbocycles. The van der Waals surface area contributed by atoms with Crippen molar-refractivity contribution in [3.05, 3.63) is 53.4 Å². The standard InChI is InChI=1S/C13H16FN3/c1-2-17-11(8-15)9-16-13(17)7-10-5-3-4-6-12(10)14/h3-6,9H,2,7-8,15H2,1H3. The molecule has 1 aromatic heterocycles. The van der Waals surface area contributed by atoms with E-state index >= 15 is 0 Å². The van der Waals surface area contributed by atoms with E-state index in [1.807, 2.05) is 17.6 Å². The second-order valence-corrected chi connectivity index (χ2v) is 3.88. The molecule has 0 amide bonds. The van der Waals surface area contributed by atoms with Crippen LogP contribution in [0.25, 0.3) is 0 Å². The van der Waals surface area contributed by atoms with Crippen LogP contribution in [0.2, 0.25) is 0 Å². The monoisotopic (exact) mass is 233 g/mol. The zero-order valence-electron chi connectivity index (χ0n) is 9.86. The van der Waals surface area contributed by atoms with Gasteiger partial charge in [-0.1, -0.05) is 18.2 Å². The molecule has 1 heterocycles. The van der Waals surface area contributed by atoms with Crippen LogP contribution in [-0.4, -0.2) is 9.55 Å². The van der Waals surface area contributed by atoms with Crippen molar-refractivity contribution in [3.8, 4) is 0 Å². The molecular weight excluding hydrogens is 217 g/mol. The minimum atomic E-state index is -0.188. The van der Waals surface area contributed by atoms with Crippen molar-refractivity contribution in [1.29, 1.82) is 0 Å². The third kappa shape index (κ3) is 2.36. The van der Waals surface area contributed by atoms with E-state index in [-0.39, 0.29) is 5.82 Å². The normalized spacial score (nSPS) is 10.8. The highest BCUT2D eigenvalue weighted by Crippen LogP contribution is 2.14. The third-order valence-electron chi connectivity index (χ3n) is 2.85. The number of rotatable bonds is 4. The van der Waals surface area contributed by atoms with Crippen molar-refractivity contribution in [2.45, 2.75) is 26.4 Å². The largest absolute Gasteiger partial charge is 0.331 e. The second-order valence-electron chi connectivity index (χ2n) is 3.88. The Hall–Kier alpha value is -1.68. The first kappa shape index (κ1) is 11.8. The molecule has 2 N–H and O–H groups in total. The van der Waals surface area contributed by atoms with Gasteiger partial charge in [0.05, 0.1) is 5.69 Å². The van der Waals surface area contributed by atoms with Gasteiger partial charge in [0, 0.05) is 25.7 Å². The van der Waals surface area contributed by atoms with Crippen LogP contribution in [0.1, 0.15) is 24.0 Å². The number of nitrogens with two attached hydrogens (primary N) is 1. The molecule has 90 valence electrons. The summed E-state index contributed by atoms with van der Waals surface area (Å²) in [5, 5.41) is 0. The van der Waals surface area contributed by atoms with Crippen molar-refractivity contribution in [2.75, 3.05) is 0 Å². The lowest BCUT2D eigenvalue weighted by atomic mass is 10.1. The summed E-state index contributed by atoms with van der Waals surface area (Å²) in [4.78, 5) is 4.31. The van der Waals surface area contributed by atoms with E-state index in [1.54, 1.807) is 18.3 Å². The van der Waals surface area contributed by atoms with Gasteiger partial charge in [0.15, 0.2) is 0 Å². The molecule has 0 spiro atoms. The molecule has 2 aromatic rings. The van der Waals surface area contributed by atoms with Crippen molar-refractivity contribution in [3.63, 3.8) is 0 Å². The van der Waals surface area contributed by atoms with Crippen molar-refractivity contribution < 1.29 is 4.39 Å². The van der Waals surface area contributed by atoms with E-state index in [1.165, 1.54) is 6.07 Å². The quantitative estimate of drug-likeness (QED) is 0.878.